The quantitative estimate of drug-likeness (QED) is 0.473. The van der Waals surface area contributed by atoms with Crippen LogP contribution in [0.15, 0.2) is 36.0 Å². The minimum atomic E-state index is -0.759. The lowest BCUT2D eigenvalue weighted by Gasteiger charge is -2.04. The molecule has 2 heteroatoms. The number of carboxylic acid groups (broad SMARTS) is 1. The Balaban J connectivity index is 4.34. The highest BCUT2D eigenvalue weighted by Gasteiger charge is 2.00. The summed E-state index contributed by atoms with van der Waals surface area (Å²) in [6.45, 7) is 7.95. The molecule has 0 fully saturated rings. The zero-order valence-electron chi connectivity index (χ0n) is 11.0. The Labute approximate surface area is 105 Å². The number of hydrogen-bond acceptors (Lipinski definition) is 1. The summed E-state index contributed by atoms with van der Waals surface area (Å²) in [5.74, 6) is -0.759. The van der Waals surface area contributed by atoms with Crippen LogP contribution in [0.4, 0.5) is 0 Å². The molecule has 0 aromatic carbocycles. The van der Waals surface area contributed by atoms with Crippen molar-refractivity contribution < 1.29 is 9.90 Å². The van der Waals surface area contributed by atoms with Gasteiger partial charge in [0.05, 0.1) is 0 Å². The van der Waals surface area contributed by atoms with Gasteiger partial charge in [-0.05, 0) is 31.8 Å². The Morgan fingerprint density at radius 3 is 2.35 bits per heavy atom. The van der Waals surface area contributed by atoms with Gasteiger partial charge >= 0.3 is 5.97 Å². The van der Waals surface area contributed by atoms with E-state index in [1.807, 2.05) is 6.92 Å². The summed E-state index contributed by atoms with van der Waals surface area (Å²) < 4.78 is 0. The van der Waals surface area contributed by atoms with Crippen LogP contribution in [0.2, 0.25) is 0 Å². The maximum atomic E-state index is 10.5. The lowest BCUT2D eigenvalue weighted by atomic mass is 10.0. The zero-order valence-corrected chi connectivity index (χ0v) is 11.0. The molecule has 0 aromatic heterocycles. The number of aliphatic carboxylic acids is 1. The topological polar surface area (TPSA) is 37.3 Å². The molecular weight excluding hydrogens is 212 g/mol. The van der Waals surface area contributed by atoms with Crippen molar-refractivity contribution in [1.82, 2.24) is 0 Å². The van der Waals surface area contributed by atoms with Gasteiger partial charge in [0.1, 0.15) is 0 Å². The second kappa shape index (κ2) is 9.88. The van der Waals surface area contributed by atoms with Gasteiger partial charge in [-0.25, -0.2) is 0 Å². The third-order valence-corrected chi connectivity index (χ3v) is 2.70. The summed E-state index contributed by atoms with van der Waals surface area (Å²) in [4.78, 5) is 10.5. The minimum Gasteiger partial charge on any atom is -0.481 e. The molecule has 0 spiro atoms. The van der Waals surface area contributed by atoms with Crippen molar-refractivity contribution in [2.75, 3.05) is 0 Å². The third kappa shape index (κ3) is 8.49. The second-order valence-corrected chi connectivity index (χ2v) is 4.14. The van der Waals surface area contributed by atoms with Crippen LogP contribution < -0.4 is 0 Å². The minimum absolute atomic E-state index is 0.170. The molecule has 0 atom stereocenters. The molecule has 0 amide bonds. The first-order chi connectivity index (χ1) is 8.13. The van der Waals surface area contributed by atoms with Crippen molar-refractivity contribution in [2.45, 2.75) is 52.4 Å². The van der Waals surface area contributed by atoms with E-state index >= 15 is 0 Å². The Bertz CT molecular complexity index is 298. The molecule has 0 rings (SSSR count). The fourth-order valence-electron chi connectivity index (χ4n) is 1.60. The maximum absolute atomic E-state index is 10.5. The van der Waals surface area contributed by atoms with Gasteiger partial charge in [0, 0.05) is 6.42 Å². The number of hydrogen-bond donors (Lipinski definition) is 1. The normalized spacial score (nSPS) is 12.6. The monoisotopic (exact) mass is 236 g/mol. The molecule has 0 unspecified atom stereocenters. The first kappa shape index (κ1) is 15.7. The summed E-state index contributed by atoms with van der Waals surface area (Å²) in [5.41, 5.74) is 2.29. The van der Waals surface area contributed by atoms with Gasteiger partial charge in [0.25, 0.3) is 0 Å². The summed E-state index contributed by atoms with van der Waals surface area (Å²) >= 11 is 0. The van der Waals surface area contributed by atoms with Gasteiger partial charge < -0.3 is 5.11 Å². The zero-order chi connectivity index (χ0) is 13.1. The van der Waals surface area contributed by atoms with Crippen molar-refractivity contribution in [3.8, 4) is 0 Å². The first-order valence-corrected chi connectivity index (χ1v) is 6.34. The van der Waals surface area contributed by atoms with Crippen molar-refractivity contribution in [2.24, 2.45) is 0 Å². The van der Waals surface area contributed by atoms with E-state index in [1.165, 1.54) is 24.8 Å². The molecule has 0 aliphatic carbocycles. The highest BCUT2D eigenvalue weighted by Crippen LogP contribution is 2.15. The molecule has 0 radical (unpaired) electrons. The molecule has 0 bridgehead atoms. The van der Waals surface area contributed by atoms with E-state index in [9.17, 15) is 4.79 Å². The van der Waals surface area contributed by atoms with Crippen LogP contribution in [-0.2, 0) is 4.79 Å². The van der Waals surface area contributed by atoms with Crippen LogP contribution in [-0.4, -0.2) is 11.1 Å². The second-order valence-electron chi connectivity index (χ2n) is 4.14. The fraction of sp³-hybridized carbons (Fsp3) is 0.533. The van der Waals surface area contributed by atoms with Gasteiger partial charge in [-0.2, -0.15) is 0 Å². The molecule has 0 heterocycles. The van der Waals surface area contributed by atoms with E-state index in [0.717, 1.165) is 12.0 Å². The molecule has 0 aromatic rings. The summed E-state index contributed by atoms with van der Waals surface area (Å²) in [5, 5.41) is 8.65. The average Bonchev–Trinajstić information content (AvgIpc) is 2.32. The Hall–Kier alpha value is -1.31. The van der Waals surface area contributed by atoms with Crippen LogP contribution in [0.1, 0.15) is 52.4 Å². The molecule has 96 valence electrons. The predicted octanol–water partition coefficient (Wildman–Crippen LogP) is 4.49. The maximum Gasteiger partial charge on any atom is 0.303 e. The van der Waals surface area contributed by atoms with Gasteiger partial charge in [-0.3, -0.25) is 4.79 Å². The lowest BCUT2D eigenvalue weighted by molar-refractivity contribution is -0.136. The van der Waals surface area contributed by atoms with Crippen LogP contribution >= 0.6 is 0 Å². The summed E-state index contributed by atoms with van der Waals surface area (Å²) in [7, 11) is 0. The van der Waals surface area contributed by atoms with Crippen molar-refractivity contribution in [1.29, 1.82) is 0 Å². The van der Waals surface area contributed by atoms with Crippen LogP contribution in [0.25, 0.3) is 0 Å². The molecule has 17 heavy (non-hydrogen) atoms. The van der Waals surface area contributed by atoms with Crippen molar-refractivity contribution >= 4 is 5.97 Å². The number of allylic oxidation sites excluding steroid dienone is 5. The standard InChI is InChI=1S/C15H24O2/c1-4-7-8-9-13(5-2)12-14(6-3)10-11-15(16)17/h5-6,12H,3-4,7-11H2,1-2H3,(H,16,17)/b13-5-,14-12+. The van der Waals surface area contributed by atoms with Gasteiger partial charge in [0.2, 0.25) is 0 Å². The summed E-state index contributed by atoms with van der Waals surface area (Å²) in [6, 6.07) is 0. The number of rotatable bonds is 9. The van der Waals surface area contributed by atoms with Gasteiger partial charge in [0.15, 0.2) is 0 Å². The first-order valence-electron chi connectivity index (χ1n) is 6.34. The molecule has 0 aliphatic heterocycles. The van der Waals surface area contributed by atoms with E-state index in [-0.39, 0.29) is 6.42 Å². The molecule has 0 saturated carbocycles. The van der Waals surface area contributed by atoms with Crippen LogP contribution in [0, 0.1) is 0 Å². The predicted molar refractivity (Wildman–Crippen MR) is 73.0 cm³/mol. The van der Waals surface area contributed by atoms with Crippen molar-refractivity contribution in [3.63, 3.8) is 0 Å². The van der Waals surface area contributed by atoms with E-state index in [0.29, 0.717) is 6.42 Å². The molecule has 0 saturated heterocycles. The van der Waals surface area contributed by atoms with E-state index in [2.05, 4.69) is 25.7 Å². The Morgan fingerprint density at radius 1 is 1.18 bits per heavy atom. The van der Waals surface area contributed by atoms with Gasteiger partial charge in [-0.1, -0.05) is 50.1 Å². The third-order valence-electron chi connectivity index (χ3n) is 2.70. The molecular formula is C15H24O2. The van der Waals surface area contributed by atoms with Crippen LogP contribution in [0.5, 0.6) is 0 Å². The lowest BCUT2D eigenvalue weighted by Crippen LogP contribution is -1.95. The Kier molecular flexibility index (Phi) is 9.12. The molecule has 0 aliphatic rings. The van der Waals surface area contributed by atoms with Gasteiger partial charge in [-0.15, -0.1) is 0 Å². The fourth-order valence-corrected chi connectivity index (χ4v) is 1.60. The Morgan fingerprint density at radius 2 is 1.88 bits per heavy atom. The highest BCUT2D eigenvalue weighted by atomic mass is 16.4. The summed E-state index contributed by atoms with van der Waals surface area (Å²) in [6.07, 6.45) is 11.4. The van der Waals surface area contributed by atoms with E-state index in [1.54, 1.807) is 6.08 Å². The number of carbonyl (C=O) groups is 1. The van der Waals surface area contributed by atoms with Crippen molar-refractivity contribution in [3.05, 3.63) is 36.0 Å². The van der Waals surface area contributed by atoms with Crippen LogP contribution in [0.3, 0.4) is 0 Å². The van der Waals surface area contributed by atoms with E-state index in [4.69, 9.17) is 5.11 Å². The SMILES string of the molecule is C=C/C(=C\C(=C/C)CCCCC)CCC(=O)O. The molecule has 2 nitrogen and oxygen atoms in total. The molecule has 1 N–H and O–H groups in total. The highest BCUT2D eigenvalue weighted by molar-refractivity contribution is 5.67. The van der Waals surface area contributed by atoms with E-state index < -0.39 is 5.97 Å². The average molecular weight is 236 g/mol. The number of unbranched alkanes of at least 4 members (excludes halogenated alkanes) is 2. The largest absolute Gasteiger partial charge is 0.481 e. The smallest absolute Gasteiger partial charge is 0.303 e. The number of carboxylic acids is 1.